The number of carbonyl (C=O) groups excluding carboxylic acids is 1. The molecule has 64 valence electrons. The Balaban J connectivity index is 2.97. The van der Waals surface area contributed by atoms with Crippen LogP contribution in [-0.2, 0) is 11.2 Å². The van der Waals surface area contributed by atoms with Crippen molar-refractivity contribution >= 4 is 5.78 Å². The molecule has 0 heterocycles. The highest BCUT2D eigenvalue weighted by Crippen LogP contribution is 2.10. The molecule has 3 heteroatoms. The van der Waals surface area contributed by atoms with Gasteiger partial charge in [0.2, 0.25) is 0 Å². The Hall–Kier alpha value is -1.25. The monoisotopic (exact) mass is 170 g/mol. The number of hydrogen-bond donors (Lipinski definition) is 0. The second-order valence-corrected chi connectivity index (χ2v) is 2.61. The van der Waals surface area contributed by atoms with E-state index in [1.54, 1.807) is 0 Å². The number of carbonyl (C=O) groups is 1. The average molecular weight is 170 g/mol. The van der Waals surface area contributed by atoms with Crippen LogP contribution in [0.25, 0.3) is 0 Å². The van der Waals surface area contributed by atoms with E-state index in [9.17, 15) is 13.6 Å². The van der Waals surface area contributed by atoms with Crippen molar-refractivity contribution in [3.8, 4) is 0 Å². The summed E-state index contributed by atoms with van der Waals surface area (Å²) in [5.41, 5.74) is 0.113. The minimum Gasteiger partial charge on any atom is -0.300 e. The van der Waals surface area contributed by atoms with Crippen LogP contribution in [-0.4, -0.2) is 5.78 Å². The standard InChI is InChI=1S/C9H8F2O/c1-6(12)4-7-5-8(10)2-3-9(7)11/h2-3,5H,4H2,1H3. The van der Waals surface area contributed by atoms with Crippen LogP contribution >= 0.6 is 0 Å². The van der Waals surface area contributed by atoms with E-state index in [0.29, 0.717) is 0 Å². The fourth-order valence-electron chi connectivity index (χ4n) is 0.947. The SMILES string of the molecule is CC(=O)Cc1cc(F)ccc1F. The molecule has 0 N–H and O–H groups in total. The molecule has 1 nitrogen and oxygen atoms in total. The van der Waals surface area contributed by atoms with Crippen molar-refractivity contribution in [1.29, 1.82) is 0 Å². The van der Waals surface area contributed by atoms with Crippen molar-refractivity contribution in [2.75, 3.05) is 0 Å². The summed E-state index contributed by atoms with van der Waals surface area (Å²) in [6.07, 6.45) is -0.0520. The lowest BCUT2D eigenvalue weighted by atomic mass is 10.1. The molecule has 0 fully saturated rings. The lowest BCUT2D eigenvalue weighted by Crippen LogP contribution is -1.99. The molecule has 0 saturated heterocycles. The molecular formula is C9H8F2O. The maximum atomic E-state index is 12.8. The fraction of sp³-hybridized carbons (Fsp3) is 0.222. The van der Waals surface area contributed by atoms with E-state index in [1.165, 1.54) is 6.92 Å². The van der Waals surface area contributed by atoms with Gasteiger partial charge in [0.1, 0.15) is 17.4 Å². The highest BCUT2D eigenvalue weighted by Gasteiger charge is 2.05. The predicted octanol–water partition coefficient (Wildman–Crippen LogP) is 2.10. The van der Waals surface area contributed by atoms with Crippen LogP contribution in [0.2, 0.25) is 0 Å². The van der Waals surface area contributed by atoms with Gasteiger partial charge in [-0.15, -0.1) is 0 Å². The van der Waals surface area contributed by atoms with E-state index >= 15 is 0 Å². The summed E-state index contributed by atoms with van der Waals surface area (Å²) >= 11 is 0. The van der Waals surface area contributed by atoms with Crippen molar-refractivity contribution in [2.24, 2.45) is 0 Å². The Morgan fingerprint density at radius 1 is 1.42 bits per heavy atom. The van der Waals surface area contributed by atoms with Crippen molar-refractivity contribution in [3.63, 3.8) is 0 Å². The molecule has 12 heavy (non-hydrogen) atoms. The number of Topliss-reactive ketones (excluding diaryl/α,β-unsaturated/α-hetero) is 1. The second-order valence-electron chi connectivity index (χ2n) is 2.61. The Kier molecular flexibility index (Phi) is 2.53. The molecular weight excluding hydrogens is 162 g/mol. The number of ketones is 1. The van der Waals surface area contributed by atoms with Gasteiger partial charge >= 0.3 is 0 Å². The molecule has 1 aromatic rings. The first kappa shape index (κ1) is 8.84. The highest BCUT2D eigenvalue weighted by atomic mass is 19.1. The van der Waals surface area contributed by atoms with Crippen LogP contribution in [0.15, 0.2) is 18.2 Å². The maximum absolute atomic E-state index is 12.8. The summed E-state index contributed by atoms with van der Waals surface area (Å²) < 4.78 is 25.3. The zero-order valence-corrected chi connectivity index (χ0v) is 6.60. The van der Waals surface area contributed by atoms with Crippen molar-refractivity contribution < 1.29 is 13.6 Å². The first-order valence-corrected chi connectivity index (χ1v) is 3.53. The minimum absolute atomic E-state index is 0.0520. The molecule has 1 aromatic carbocycles. The summed E-state index contributed by atoms with van der Waals surface area (Å²) in [4.78, 5) is 10.6. The molecule has 1 rings (SSSR count). The van der Waals surface area contributed by atoms with Crippen LogP contribution < -0.4 is 0 Å². The fourth-order valence-corrected chi connectivity index (χ4v) is 0.947. The Labute approximate surface area is 69.0 Å². The second kappa shape index (κ2) is 3.43. The summed E-state index contributed by atoms with van der Waals surface area (Å²) in [6.45, 7) is 1.34. The number of hydrogen-bond acceptors (Lipinski definition) is 1. The third kappa shape index (κ3) is 2.12. The van der Waals surface area contributed by atoms with E-state index in [-0.39, 0.29) is 17.8 Å². The smallest absolute Gasteiger partial charge is 0.134 e. The number of rotatable bonds is 2. The van der Waals surface area contributed by atoms with E-state index in [1.807, 2.05) is 0 Å². The zero-order chi connectivity index (χ0) is 9.14. The van der Waals surface area contributed by atoms with Crippen molar-refractivity contribution in [1.82, 2.24) is 0 Å². The molecule has 0 unspecified atom stereocenters. The van der Waals surface area contributed by atoms with Gasteiger partial charge in [0.25, 0.3) is 0 Å². The lowest BCUT2D eigenvalue weighted by molar-refractivity contribution is -0.116. The molecule has 0 saturated carbocycles. The van der Waals surface area contributed by atoms with Crippen LogP contribution in [0.4, 0.5) is 8.78 Å². The average Bonchev–Trinajstić information content (AvgIpc) is 1.96. The molecule has 0 spiro atoms. The molecule has 0 atom stereocenters. The largest absolute Gasteiger partial charge is 0.300 e. The Morgan fingerprint density at radius 2 is 2.08 bits per heavy atom. The molecule has 0 aliphatic heterocycles. The quantitative estimate of drug-likeness (QED) is 0.664. The van der Waals surface area contributed by atoms with Gasteiger partial charge in [-0.3, -0.25) is 4.79 Å². The number of benzene rings is 1. The summed E-state index contributed by atoms with van der Waals surface area (Å²) in [5.74, 6) is -1.24. The van der Waals surface area contributed by atoms with Gasteiger partial charge in [-0.1, -0.05) is 0 Å². The highest BCUT2D eigenvalue weighted by molar-refractivity contribution is 5.78. The Bertz CT molecular complexity index is 307. The molecule has 0 aromatic heterocycles. The van der Waals surface area contributed by atoms with Crippen LogP contribution in [0.3, 0.4) is 0 Å². The van der Waals surface area contributed by atoms with Gasteiger partial charge in [-0.25, -0.2) is 8.78 Å². The third-order valence-corrected chi connectivity index (χ3v) is 1.45. The lowest BCUT2D eigenvalue weighted by Gasteiger charge is -1.99. The van der Waals surface area contributed by atoms with Crippen LogP contribution in [0, 0.1) is 11.6 Å². The minimum atomic E-state index is -0.536. The normalized spacial score (nSPS) is 9.92. The molecule has 0 amide bonds. The van der Waals surface area contributed by atoms with E-state index in [0.717, 1.165) is 18.2 Å². The molecule has 0 bridgehead atoms. The van der Waals surface area contributed by atoms with Crippen LogP contribution in [0.1, 0.15) is 12.5 Å². The predicted molar refractivity (Wildman–Crippen MR) is 40.7 cm³/mol. The van der Waals surface area contributed by atoms with E-state index in [4.69, 9.17) is 0 Å². The van der Waals surface area contributed by atoms with Gasteiger partial charge in [-0.05, 0) is 30.7 Å². The third-order valence-electron chi connectivity index (χ3n) is 1.45. The first-order chi connectivity index (χ1) is 5.59. The first-order valence-electron chi connectivity index (χ1n) is 3.53. The van der Waals surface area contributed by atoms with Gasteiger partial charge in [0.15, 0.2) is 0 Å². The zero-order valence-electron chi connectivity index (χ0n) is 6.60. The van der Waals surface area contributed by atoms with Gasteiger partial charge in [0, 0.05) is 6.42 Å². The molecule has 0 aliphatic carbocycles. The van der Waals surface area contributed by atoms with E-state index < -0.39 is 11.6 Å². The van der Waals surface area contributed by atoms with Crippen molar-refractivity contribution in [2.45, 2.75) is 13.3 Å². The summed E-state index contributed by atoms with van der Waals surface area (Å²) in [7, 11) is 0. The summed E-state index contributed by atoms with van der Waals surface area (Å²) in [6, 6.07) is 3.09. The van der Waals surface area contributed by atoms with Crippen LogP contribution in [0.5, 0.6) is 0 Å². The van der Waals surface area contributed by atoms with Gasteiger partial charge in [-0.2, -0.15) is 0 Å². The van der Waals surface area contributed by atoms with Gasteiger partial charge < -0.3 is 0 Å². The van der Waals surface area contributed by atoms with Gasteiger partial charge in [0.05, 0.1) is 0 Å². The summed E-state index contributed by atoms with van der Waals surface area (Å²) in [5, 5.41) is 0. The van der Waals surface area contributed by atoms with Crippen molar-refractivity contribution in [3.05, 3.63) is 35.4 Å². The Morgan fingerprint density at radius 3 is 2.67 bits per heavy atom. The molecule has 0 aliphatic rings. The number of halogens is 2. The van der Waals surface area contributed by atoms with E-state index in [2.05, 4.69) is 0 Å². The molecule has 0 radical (unpaired) electrons. The topological polar surface area (TPSA) is 17.1 Å². The maximum Gasteiger partial charge on any atom is 0.134 e.